The third-order valence-corrected chi connectivity index (χ3v) is 7.25. The topological polar surface area (TPSA) is 59.1 Å². The summed E-state index contributed by atoms with van der Waals surface area (Å²) >= 11 is 0. The molecule has 0 radical (unpaired) electrons. The number of fused-ring (bicyclic) bond motifs is 1. The van der Waals surface area contributed by atoms with Crippen molar-refractivity contribution >= 4 is 11.8 Å². The zero-order valence-electron chi connectivity index (χ0n) is 18.2. The van der Waals surface area contributed by atoms with Crippen molar-refractivity contribution in [2.75, 3.05) is 53.4 Å². The molecular weight excluding hydrogens is 354 g/mol. The van der Waals surface area contributed by atoms with E-state index in [0.717, 1.165) is 58.4 Å². The molecule has 28 heavy (non-hydrogen) atoms. The summed E-state index contributed by atoms with van der Waals surface area (Å²) in [5.41, 5.74) is 0. The third kappa shape index (κ3) is 4.52. The Morgan fingerprint density at radius 2 is 1.79 bits per heavy atom. The molecule has 0 aromatic carbocycles. The SMILES string of the molecule is CCN(CC)C(=O)CC[C@H]1CNC(=O)[C@@H]2[C@@H](CCN2C2CCN(C)CC2)N1C. The van der Waals surface area contributed by atoms with Crippen molar-refractivity contribution in [2.24, 2.45) is 0 Å². The minimum Gasteiger partial charge on any atom is -0.353 e. The van der Waals surface area contributed by atoms with E-state index in [-0.39, 0.29) is 29.9 Å². The van der Waals surface area contributed by atoms with Gasteiger partial charge < -0.3 is 15.1 Å². The van der Waals surface area contributed by atoms with Gasteiger partial charge in [-0.1, -0.05) is 0 Å². The van der Waals surface area contributed by atoms with Gasteiger partial charge in [0.25, 0.3) is 0 Å². The van der Waals surface area contributed by atoms with Crippen LogP contribution in [0.4, 0.5) is 0 Å². The van der Waals surface area contributed by atoms with Gasteiger partial charge in [-0.05, 0) is 66.7 Å². The van der Waals surface area contributed by atoms with E-state index in [9.17, 15) is 9.59 Å². The Bertz CT molecular complexity index is 545. The van der Waals surface area contributed by atoms with Gasteiger partial charge in [-0.3, -0.25) is 19.4 Å². The fourth-order valence-electron chi connectivity index (χ4n) is 5.36. The van der Waals surface area contributed by atoms with Crippen LogP contribution in [0.25, 0.3) is 0 Å². The van der Waals surface area contributed by atoms with E-state index in [0.29, 0.717) is 19.0 Å². The number of nitrogens with zero attached hydrogens (tertiary/aromatic N) is 4. The molecule has 3 atom stereocenters. The summed E-state index contributed by atoms with van der Waals surface area (Å²) < 4.78 is 0. The molecule has 3 aliphatic heterocycles. The summed E-state index contributed by atoms with van der Waals surface area (Å²) in [5, 5.41) is 3.20. The summed E-state index contributed by atoms with van der Waals surface area (Å²) in [6, 6.07) is 0.972. The molecular formula is C21H39N5O2. The van der Waals surface area contributed by atoms with Gasteiger partial charge in [0.05, 0.1) is 0 Å². The van der Waals surface area contributed by atoms with Crippen LogP contribution in [-0.4, -0.2) is 109 Å². The molecule has 3 saturated heterocycles. The molecule has 0 bridgehead atoms. The second-order valence-electron chi connectivity index (χ2n) is 8.74. The highest BCUT2D eigenvalue weighted by molar-refractivity contribution is 5.83. The van der Waals surface area contributed by atoms with E-state index in [1.165, 1.54) is 0 Å². The van der Waals surface area contributed by atoms with Crippen molar-refractivity contribution in [3.8, 4) is 0 Å². The van der Waals surface area contributed by atoms with Crippen LogP contribution in [0.5, 0.6) is 0 Å². The number of carbonyl (C=O) groups excluding carboxylic acids is 2. The molecule has 3 aliphatic rings. The largest absolute Gasteiger partial charge is 0.353 e. The molecule has 3 rings (SSSR count). The average Bonchev–Trinajstić information content (AvgIpc) is 3.09. The van der Waals surface area contributed by atoms with Crippen molar-refractivity contribution in [3.05, 3.63) is 0 Å². The van der Waals surface area contributed by atoms with Crippen LogP contribution in [0.2, 0.25) is 0 Å². The lowest BCUT2D eigenvalue weighted by atomic mass is 10.0. The predicted molar refractivity (Wildman–Crippen MR) is 111 cm³/mol. The van der Waals surface area contributed by atoms with Crippen LogP contribution in [0, 0.1) is 0 Å². The number of rotatable bonds is 6. The molecule has 7 heteroatoms. The number of likely N-dealkylation sites (tertiary alicyclic amines) is 2. The molecule has 0 aromatic rings. The number of piperidine rings is 1. The fourth-order valence-corrected chi connectivity index (χ4v) is 5.36. The average molecular weight is 394 g/mol. The van der Waals surface area contributed by atoms with Crippen molar-refractivity contribution in [3.63, 3.8) is 0 Å². The molecule has 160 valence electrons. The van der Waals surface area contributed by atoms with Crippen LogP contribution in [-0.2, 0) is 9.59 Å². The Balaban J connectivity index is 1.63. The van der Waals surface area contributed by atoms with Crippen molar-refractivity contribution < 1.29 is 9.59 Å². The first kappa shape index (κ1) is 21.5. The lowest BCUT2D eigenvalue weighted by Crippen LogP contribution is -2.54. The van der Waals surface area contributed by atoms with Gasteiger partial charge in [0.1, 0.15) is 6.04 Å². The van der Waals surface area contributed by atoms with Gasteiger partial charge in [-0.15, -0.1) is 0 Å². The molecule has 7 nitrogen and oxygen atoms in total. The lowest BCUT2D eigenvalue weighted by molar-refractivity contribution is -0.131. The van der Waals surface area contributed by atoms with Crippen molar-refractivity contribution in [1.82, 2.24) is 24.9 Å². The highest BCUT2D eigenvalue weighted by Gasteiger charge is 2.47. The first-order valence-electron chi connectivity index (χ1n) is 11.2. The number of amides is 2. The van der Waals surface area contributed by atoms with Gasteiger partial charge in [0.15, 0.2) is 0 Å². The van der Waals surface area contributed by atoms with Crippen LogP contribution in [0.1, 0.15) is 46.0 Å². The summed E-state index contributed by atoms with van der Waals surface area (Å²) in [6.07, 6.45) is 4.71. The quantitative estimate of drug-likeness (QED) is 0.716. The van der Waals surface area contributed by atoms with E-state index in [4.69, 9.17) is 0 Å². The zero-order chi connectivity index (χ0) is 20.3. The smallest absolute Gasteiger partial charge is 0.239 e. The molecule has 0 saturated carbocycles. The standard InChI is InChI=1S/C21H39N5O2/c1-5-25(6-2)19(27)8-7-17-15-22-21(28)20-18(24(17)4)11-14-26(20)16-9-12-23(3)13-10-16/h16-18,20H,5-15H2,1-4H3,(H,22,28)/t17-,18+,20-/m0/s1. The summed E-state index contributed by atoms with van der Waals surface area (Å²) in [5.74, 6) is 0.413. The van der Waals surface area contributed by atoms with Gasteiger partial charge in [-0.2, -0.15) is 0 Å². The second-order valence-corrected chi connectivity index (χ2v) is 8.74. The van der Waals surface area contributed by atoms with Gasteiger partial charge in [0, 0.05) is 50.7 Å². The number of hydrogen-bond acceptors (Lipinski definition) is 5. The zero-order valence-corrected chi connectivity index (χ0v) is 18.2. The normalized spacial score (nSPS) is 30.7. The highest BCUT2D eigenvalue weighted by atomic mass is 16.2. The minimum atomic E-state index is -0.0399. The first-order valence-corrected chi connectivity index (χ1v) is 11.2. The highest BCUT2D eigenvalue weighted by Crippen LogP contribution is 2.31. The Labute approximate surface area is 170 Å². The maximum Gasteiger partial charge on any atom is 0.239 e. The monoisotopic (exact) mass is 393 g/mol. The molecule has 0 spiro atoms. The predicted octanol–water partition coefficient (Wildman–Crippen LogP) is 0.602. The van der Waals surface area contributed by atoms with E-state index in [1.807, 2.05) is 18.7 Å². The molecule has 0 aliphatic carbocycles. The summed E-state index contributed by atoms with van der Waals surface area (Å²) in [4.78, 5) is 34.6. The second kappa shape index (κ2) is 9.55. The molecule has 1 N–H and O–H groups in total. The summed E-state index contributed by atoms with van der Waals surface area (Å²) in [6.45, 7) is 9.48. The minimum absolute atomic E-state index is 0.0399. The van der Waals surface area contributed by atoms with E-state index < -0.39 is 0 Å². The van der Waals surface area contributed by atoms with E-state index >= 15 is 0 Å². The van der Waals surface area contributed by atoms with Gasteiger partial charge >= 0.3 is 0 Å². The molecule has 0 unspecified atom stereocenters. The van der Waals surface area contributed by atoms with Crippen LogP contribution >= 0.6 is 0 Å². The van der Waals surface area contributed by atoms with E-state index in [1.54, 1.807) is 0 Å². The third-order valence-electron chi connectivity index (χ3n) is 7.25. The van der Waals surface area contributed by atoms with Crippen LogP contribution in [0.15, 0.2) is 0 Å². The van der Waals surface area contributed by atoms with E-state index in [2.05, 4.69) is 34.1 Å². The number of likely N-dealkylation sites (N-methyl/N-ethyl adjacent to an activating group) is 1. The maximum atomic E-state index is 13.0. The molecule has 2 amide bonds. The number of nitrogens with one attached hydrogen (secondary N) is 1. The van der Waals surface area contributed by atoms with Gasteiger partial charge in [0.2, 0.25) is 11.8 Å². The Hall–Kier alpha value is -1.18. The van der Waals surface area contributed by atoms with Crippen molar-refractivity contribution in [2.45, 2.75) is 70.1 Å². The number of carbonyl (C=O) groups is 2. The Morgan fingerprint density at radius 1 is 1.11 bits per heavy atom. The number of hydrogen-bond donors (Lipinski definition) is 1. The van der Waals surface area contributed by atoms with Crippen LogP contribution in [0.3, 0.4) is 0 Å². The molecule has 3 heterocycles. The first-order chi connectivity index (χ1) is 13.5. The summed E-state index contributed by atoms with van der Waals surface area (Å²) in [7, 11) is 4.34. The maximum absolute atomic E-state index is 13.0. The van der Waals surface area contributed by atoms with Crippen molar-refractivity contribution in [1.29, 1.82) is 0 Å². The van der Waals surface area contributed by atoms with Crippen LogP contribution < -0.4 is 5.32 Å². The fraction of sp³-hybridized carbons (Fsp3) is 0.905. The Morgan fingerprint density at radius 3 is 2.43 bits per heavy atom. The molecule has 3 fully saturated rings. The molecule has 0 aromatic heterocycles. The van der Waals surface area contributed by atoms with Gasteiger partial charge in [-0.25, -0.2) is 0 Å². The lowest BCUT2D eigenvalue weighted by Gasteiger charge is -2.39. The Kier molecular flexibility index (Phi) is 7.34.